The van der Waals surface area contributed by atoms with Crippen LogP contribution in [0.2, 0.25) is 0 Å². The zero-order valence-electron chi connectivity index (χ0n) is 17.1. The van der Waals surface area contributed by atoms with Gasteiger partial charge < -0.3 is 14.5 Å². The van der Waals surface area contributed by atoms with Crippen molar-refractivity contribution < 1.29 is 14.3 Å². The molecule has 0 saturated carbocycles. The van der Waals surface area contributed by atoms with Gasteiger partial charge in [-0.15, -0.1) is 0 Å². The average Bonchev–Trinajstić information content (AvgIpc) is 3.18. The van der Waals surface area contributed by atoms with E-state index < -0.39 is 0 Å². The zero-order valence-corrected chi connectivity index (χ0v) is 17.1. The lowest BCUT2D eigenvalue weighted by atomic mass is 9.75. The van der Waals surface area contributed by atoms with Crippen LogP contribution in [0.5, 0.6) is 5.75 Å². The summed E-state index contributed by atoms with van der Waals surface area (Å²) >= 11 is 0. The van der Waals surface area contributed by atoms with Crippen LogP contribution in [0.25, 0.3) is 0 Å². The molecule has 2 bridgehead atoms. The fourth-order valence-electron chi connectivity index (χ4n) is 5.57. The van der Waals surface area contributed by atoms with Crippen LogP contribution in [0.4, 0.5) is 0 Å². The molecule has 5 rings (SSSR count). The molecule has 2 amide bonds. The van der Waals surface area contributed by atoms with Gasteiger partial charge in [0.1, 0.15) is 5.75 Å². The second-order valence-corrected chi connectivity index (χ2v) is 8.17. The number of amides is 2. The quantitative estimate of drug-likeness (QED) is 0.744. The molecule has 4 aliphatic rings. The fraction of sp³-hybridized carbons (Fsp3) is 0.636. The number of carbonyl (C=O) groups is 2. The van der Waals surface area contributed by atoms with E-state index in [1.54, 1.807) is 12.0 Å². The first-order valence-corrected chi connectivity index (χ1v) is 10.6. The molecule has 4 aliphatic heterocycles. The number of rotatable bonds is 4. The molecule has 0 aromatic heterocycles. The lowest BCUT2D eigenvalue weighted by Gasteiger charge is -2.51. The third-order valence-corrected chi connectivity index (χ3v) is 7.03. The van der Waals surface area contributed by atoms with Crippen LogP contribution in [0.3, 0.4) is 0 Å². The molecule has 0 unspecified atom stereocenters. The molecule has 4 heterocycles. The molecular weight excluding hydrogens is 354 g/mol. The molecule has 152 valence electrons. The number of piperidine rings is 3. The third-order valence-electron chi connectivity index (χ3n) is 7.03. The van der Waals surface area contributed by atoms with Gasteiger partial charge in [-0.3, -0.25) is 14.5 Å². The topological polar surface area (TPSA) is 53.1 Å². The molecule has 1 aromatic rings. The number of fused-ring (bicyclic) bond motifs is 2. The molecule has 0 radical (unpaired) electrons. The maximum absolute atomic E-state index is 13.2. The van der Waals surface area contributed by atoms with Crippen molar-refractivity contribution in [1.82, 2.24) is 14.7 Å². The largest absolute Gasteiger partial charge is 0.497 e. The van der Waals surface area contributed by atoms with E-state index in [9.17, 15) is 9.59 Å². The molecule has 0 spiro atoms. The Kier molecular flexibility index (Phi) is 5.32. The van der Waals surface area contributed by atoms with E-state index in [2.05, 4.69) is 17.0 Å². The second-order valence-electron chi connectivity index (χ2n) is 8.17. The Morgan fingerprint density at radius 2 is 1.71 bits per heavy atom. The number of hydrogen-bond acceptors (Lipinski definition) is 4. The minimum atomic E-state index is -0.351. The van der Waals surface area contributed by atoms with Crippen molar-refractivity contribution in [3.05, 3.63) is 29.8 Å². The molecule has 28 heavy (non-hydrogen) atoms. The van der Waals surface area contributed by atoms with Crippen LogP contribution >= 0.6 is 0 Å². The van der Waals surface area contributed by atoms with E-state index in [1.807, 2.05) is 30.9 Å². The van der Waals surface area contributed by atoms with Gasteiger partial charge in [0.2, 0.25) is 0 Å². The molecular formula is C22H31N3O3. The monoisotopic (exact) mass is 385 g/mol. The van der Waals surface area contributed by atoms with Crippen molar-refractivity contribution in [2.45, 2.75) is 44.7 Å². The minimum absolute atomic E-state index is 0.154. The van der Waals surface area contributed by atoms with Gasteiger partial charge in [0.05, 0.1) is 13.2 Å². The van der Waals surface area contributed by atoms with Gasteiger partial charge in [0.25, 0.3) is 0 Å². The van der Waals surface area contributed by atoms with Gasteiger partial charge in [-0.25, -0.2) is 0 Å². The van der Waals surface area contributed by atoms with Crippen molar-refractivity contribution >= 4 is 11.8 Å². The fourth-order valence-corrected chi connectivity index (χ4v) is 5.57. The average molecular weight is 386 g/mol. The Bertz CT molecular complexity index is 723. The summed E-state index contributed by atoms with van der Waals surface area (Å²) in [7, 11) is 1.67. The number of likely N-dealkylation sites (N-methyl/N-ethyl adjacent to an activating group) is 1. The smallest absolute Gasteiger partial charge is 0.312 e. The number of hydrogen-bond donors (Lipinski definition) is 0. The minimum Gasteiger partial charge on any atom is -0.497 e. The second kappa shape index (κ2) is 7.74. The first-order chi connectivity index (χ1) is 13.6. The first-order valence-electron chi connectivity index (χ1n) is 10.6. The Hall–Kier alpha value is -2.08. The van der Waals surface area contributed by atoms with E-state index in [0.717, 1.165) is 31.7 Å². The van der Waals surface area contributed by atoms with E-state index in [4.69, 9.17) is 4.74 Å². The highest BCUT2D eigenvalue weighted by Gasteiger charge is 2.55. The summed E-state index contributed by atoms with van der Waals surface area (Å²) in [6, 6.07) is 8.68. The molecule has 0 aliphatic carbocycles. The molecule has 1 aromatic carbocycles. The Labute approximate surface area is 167 Å². The molecule has 6 heteroatoms. The zero-order chi connectivity index (χ0) is 19.8. The molecule has 4 fully saturated rings. The highest BCUT2D eigenvalue weighted by atomic mass is 16.5. The molecule has 0 N–H and O–H groups in total. The summed E-state index contributed by atoms with van der Waals surface area (Å²) in [5.41, 5.74) is 1.23. The van der Waals surface area contributed by atoms with E-state index in [-0.39, 0.29) is 23.8 Å². The standard InChI is InChI=1S/C22H31N3O3/c1-4-23(5-2)21(26)22(27)25-14-18(15-6-8-17(28-3)9-7-15)20-19(25)16-10-12-24(20)13-11-16/h6-9,16,18-20H,4-5,10-14H2,1-3H3/t18-,19+,20+/m0/s1. The highest BCUT2D eigenvalue weighted by Crippen LogP contribution is 2.46. The molecule has 4 saturated heterocycles. The Balaban J connectivity index is 1.64. The number of nitrogens with zero attached hydrogens (tertiary/aromatic N) is 3. The number of benzene rings is 1. The van der Waals surface area contributed by atoms with Crippen molar-refractivity contribution in [3.8, 4) is 5.75 Å². The summed E-state index contributed by atoms with van der Waals surface area (Å²) in [6.45, 7) is 7.82. The van der Waals surface area contributed by atoms with Gasteiger partial charge in [-0.1, -0.05) is 12.1 Å². The van der Waals surface area contributed by atoms with Gasteiger partial charge in [-0.05, 0) is 63.4 Å². The SMILES string of the molecule is CCN(CC)C(=O)C(=O)N1C[C@@H](c2ccc(OC)cc2)[C@@H]2[C@H]1C1CCN2CC1. The summed E-state index contributed by atoms with van der Waals surface area (Å²) < 4.78 is 5.30. The maximum Gasteiger partial charge on any atom is 0.312 e. The van der Waals surface area contributed by atoms with E-state index >= 15 is 0 Å². The maximum atomic E-state index is 13.2. The van der Waals surface area contributed by atoms with Crippen molar-refractivity contribution in [2.75, 3.05) is 39.8 Å². The van der Waals surface area contributed by atoms with Crippen LogP contribution in [0.15, 0.2) is 24.3 Å². The van der Waals surface area contributed by atoms with Crippen LogP contribution in [-0.4, -0.2) is 78.4 Å². The van der Waals surface area contributed by atoms with Crippen LogP contribution in [-0.2, 0) is 9.59 Å². The van der Waals surface area contributed by atoms with E-state index in [1.165, 1.54) is 5.56 Å². The van der Waals surface area contributed by atoms with E-state index in [0.29, 0.717) is 31.6 Å². The van der Waals surface area contributed by atoms with Gasteiger partial charge in [0.15, 0.2) is 0 Å². The summed E-state index contributed by atoms with van der Waals surface area (Å²) in [5.74, 6) is 0.923. The lowest BCUT2D eigenvalue weighted by Crippen LogP contribution is -2.61. The predicted molar refractivity (Wildman–Crippen MR) is 107 cm³/mol. The van der Waals surface area contributed by atoms with Gasteiger partial charge >= 0.3 is 11.8 Å². The van der Waals surface area contributed by atoms with Crippen molar-refractivity contribution in [3.63, 3.8) is 0 Å². The Morgan fingerprint density at radius 3 is 2.29 bits per heavy atom. The Morgan fingerprint density at radius 1 is 1.07 bits per heavy atom. The summed E-state index contributed by atoms with van der Waals surface area (Å²) in [6.07, 6.45) is 2.25. The number of carbonyl (C=O) groups excluding carboxylic acids is 2. The molecule has 3 atom stereocenters. The number of methoxy groups -OCH3 is 1. The predicted octanol–water partition coefficient (Wildman–Crippen LogP) is 1.95. The normalized spacial score (nSPS) is 30.8. The van der Waals surface area contributed by atoms with Crippen LogP contribution < -0.4 is 4.74 Å². The van der Waals surface area contributed by atoms with Crippen LogP contribution in [0.1, 0.15) is 38.2 Å². The summed E-state index contributed by atoms with van der Waals surface area (Å²) in [5, 5.41) is 0. The highest BCUT2D eigenvalue weighted by molar-refractivity contribution is 6.35. The molecule has 6 nitrogen and oxygen atoms in total. The number of ether oxygens (including phenoxy) is 1. The van der Waals surface area contributed by atoms with Crippen LogP contribution in [0, 0.1) is 5.92 Å². The third kappa shape index (κ3) is 3.08. The van der Waals surface area contributed by atoms with Gasteiger partial charge in [-0.2, -0.15) is 0 Å². The van der Waals surface area contributed by atoms with Crippen molar-refractivity contribution in [2.24, 2.45) is 5.92 Å². The lowest BCUT2D eigenvalue weighted by molar-refractivity contribution is -0.154. The van der Waals surface area contributed by atoms with Crippen molar-refractivity contribution in [1.29, 1.82) is 0 Å². The van der Waals surface area contributed by atoms with Gasteiger partial charge in [0, 0.05) is 31.6 Å². The number of likely N-dealkylation sites (tertiary alicyclic amines) is 1. The summed E-state index contributed by atoms with van der Waals surface area (Å²) in [4.78, 5) is 32.1. The first kappa shape index (κ1) is 19.2.